The standard InChI is InChI=1S/C23H25N3O2/c1-14-6-11-22(26-16(3)8-9-17(26)4)20(12-14)23(28)25-19-10-7-15(2)21(13-19)24-18(5)27/h6-13H,1-5H3,(H,24,27)(H,25,28). The number of aryl methyl sites for hydroxylation is 4. The fourth-order valence-corrected chi connectivity index (χ4v) is 3.30. The van der Waals surface area contributed by atoms with Gasteiger partial charge in [-0.15, -0.1) is 0 Å². The van der Waals surface area contributed by atoms with E-state index >= 15 is 0 Å². The highest BCUT2D eigenvalue weighted by Gasteiger charge is 2.16. The molecule has 0 aliphatic rings. The fraction of sp³-hybridized carbons (Fsp3) is 0.217. The minimum absolute atomic E-state index is 0.147. The smallest absolute Gasteiger partial charge is 0.257 e. The van der Waals surface area contributed by atoms with Crippen LogP contribution in [0.5, 0.6) is 0 Å². The highest BCUT2D eigenvalue weighted by Crippen LogP contribution is 2.24. The second-order valence-corrected chi connectivity index (χ2v) is 7.14. The summed E-state index contributed by atoms with van der Waals surface area (Å²) >= 11 is 0. The second kappa shape index (κ2) is 7.72. The molecule has 144 valence electrons. The van der Waals surface area contributed by atoms with E-state index in [4.69, 9.17) is 0 Å². The molecule has 0 aliphatic carbocycles. The van der Waals surface area contributed by atoms with Crippen LogP contribution < -0.4 is 10.6 Å². The summed E-state index contributed by atoms with van der Waals surface area (Å²) in [4.78, 5) is 24.5. The lowest BCUT2D eigenvalue weighted by Crippen LogP contribution is -2.16. The van der Waals surface area contributed by atoms with Crippen molar-refractivity contribution in [2.45, 2.75) is 34.6 Å². The van der Waals surface area contributed by atoms with Crippen molar-refractivity contribution in [3.63, 3.8) is 0 Å². The molecule has 3 rings (SSSR count). The molecule has 0 saturated carbocycles. The molecule has 5 heteroatoms. The zero-order chi connectivity index (χ0) is 20.4. The first kappa shape index (κ1) is 19.4. The Hall–Kier alpha value is -3.34. The first-order valence-electron chi connectivity index (χ1n) is 9.22. The van der Waals surface area contributed by atoms with Crippen LogP contribution in [0.2, 0.25) is 0 Å². The molecule has 0 radical (unpaired) electrons. The van der Waals surface area contributed by atoms with E-state index < -0.39 is 0 Å². The van der Waals surface area contributed by atoms with E-state index in [-0.39, 0.29) is 11.8 Å². The van der Waals surface area contributed by atoms with Gasteiger partial charge < -0.3 is 15.2 Å². The van der Waals surface area contributed by atoms with E-state index in [1.807, 2.05) is 70.2 Å². The van der Waals surface area contributed by atoms with Gasteiger partial charge in [0, 0.05) is 29.7 Å². The number of anilines is 2. The molecular formula is C23H25N3O2. The Morgan fingerprint density at radius 3 is 2.14 bits per heavy atom. The van der Waals surface area contributed by atoms with Gasteiger partial charge in [0.2, 0.25) is 5.91 Å². The topological polar surface area (TPSA) is 63.1 Å². The van der Waals surface area contributed by atoms with Crippen molar-refractivity contribution < 1.29 is 9.59 Å². The zero-order valence-corrected chi connectivity index (χ0v) is 16.9. The molecule has 2 amide bonds. The molecule has 2 aromatic carbocycles. The largest absolute Gasteiger partial charge is 0.326 e. The third-order valence-corrected chi connectivity index (χ3v) is 4.71. The number of benzene rings is 2. The lowest BCUT2D eigenvalue weighted by atomic mass is 10.1. The van der Waals surface area contributed by atoms with Crippen LogP contribution in [0.15, 0.2) is 48.5 Å². The lowest BCUT2D eigenvalue weighted by Gasteiger charge is -2.16. The maximum Gasteiger partial charge on any atom is 0.257 e. The van der Waals surface area contributed by atoms with Gasteiger partial charge in [-0.1, -0.05) is 17.7 Å². The van der Waals surface area contributed by atoms with Crippen molar-refractivity contribution in [1.29, 1.82) is 0 Å². The van der Waals surface area contributed by atoms with E-state index in [1.54, 1.807) is 6.07 Å². The highest BCUT2D eigenvalue weighted by atomic mass is 16.2. The number of carbonyl (C=O) groups is 2. The monoisotopic (exact) mass is 375 g/mol. The maximum absolute atomic E-state index is 13.1. The van der Waals surface area contributed by atoms with E-state index in [0.717, 1.165) is 28.2 Å². The number of hydrogen-bond acceptors (Lipinski definition) is 2. The average Bonchev–Trinajstić information content (AvgIpc) is 2.96. The zero-order valence-electron chi connectivity index (χ0n) is 16.9. The normalized spacial score (nSPS) is 10.6. The van der Waals surface area contributed by atoms with E-state index in [2.05, 4.69) is 15.2 Å². The molecule has 1 heterocycles. The number of rotatable bonds is 4. The van der Waals surface area contributed by atoms with Gasteiger partial charge in [0.15, 0.2) is 0 Å². The summed E-state index contributed by atoms with van der Waals surface area (Å²) in [6.07, 6.45) is 0. The molecule has 2 N–H and O–H groups in total. The first-order chi connectivity index (χ1) is 13.3. The molecular weight excluding hydrogens is 350 g/mol. The Kier molecular flexibility index (Phi) is 5.36. The summed E-state index contributed by atoms with van der Waals surface area (Å²) in [5, 5.41) is 5.75. The van der Waals surface area contributed by atoms with Gasteiger partial charge in [-0.3, -0.25) is 9.59 Å². The SMILES string of the molecule is CC(=O)Nc1cc(NC(=O)c2cc(C)ccc2-n2c(C)ccc2C)ccc1C. The molecule has 28 heavy (non-hydrogen) atoms. The van der Waals surface area contributed by atoms with E-state index in [0.29, 0.717) is 16.9 Å². The Balaban J connectivity index is 1.98. The van der Waals surface area contributed by atoms with Gasteiger partial charge in [-0.05, 0) is 69.7 Å². The number of hydrogen-bond donors (Lipinski definition) is 2. The van der Waals surface area contributed by atoms with Gasteiger partial charge in [0.05, 0.1) is 11.3 Å². The summed E-state index contributed by atoms with van der Waals surface area (Å²) in [5.41, 5.74) is 6.85. The van der Waals surface area contributed by atoms with Gasteiger partial charge in [0.1, 0.15) is 0 Å². The lowest BCUT2D eigenvalue weighted by molar-refractivity contribution is -0.114. The molecule has 1 aromatic heterocycles. The van der Waals surface area contributed by atoms with Gasteiger partial charge in [-0.25, -0.2) is 0 Å². The fourth-order valence-electron chi connectivity index (χ4n) is 3.30. The number of aromatic nitrogens is 1. The highest BCUT2D eigenvalue weighted by molar-refractivity contribution is 6.07. The number of nitrogens with one attached hydrogen (secondary N) is 2. The molecule has 0 saturated heterocycles. The Morgan fingerprint density at radius 1 is 0.821 bits per heavy atom. The van der Waals surface area contributed by atoms with E-state index in [9.17, 15) is 9.59 Å². The van der Waals surface area contributed by atoms with Crippen molar-refractivity contribution >= 4 is 23.2 Å². The molecule has 0 unspecified atom stereocenters. The minimum Gasteiger partial charge on any atom is -0.326 e. The minimum atomic E-state index is -0.191. The third kappa shape index (κ3) is 3.98. The molecule has 0 atom stereocenters. The molecule has 3 aromatic rings. The van der Waals surface area contributed by atoms with Crippen molar-refractivity contribution in [1.82, 2.24) is 4.57 Å². The molecule has 5 nitrogen and oxygen atoms in total. The molecule has 0 bridgehead atoms. The summed E-state index contributed by atoms with van der Waals surface area (Å²) in [7, 11) is 0. The Bertz CT molecular complexity index is 1040. The van der Waals surface area contributed by atoms with Crippen LogP contribution in [0.4, 0.5) is 11.4 Å². The summed E-state index contributed by atoms with van der Waals surface area (Å²) in [5.74, 6) is -0.338. The number of nitrogens with zero attached hydrogens (tertiary/aromatic N) is 1. The predicted octanol–water partition coefficient (Wildman–Crippen LogP) is 4.92. The third-order valence-electron chi connectivity index (χ3n) is 4.71. The van der Waals surface area contributed by atoms with Crippen LogP contribution in [0.3, 0.4) is 0 Å². The Labute approximate surface area is 165 Å². The van der Waals surface area contributed by atoms with Gasteiger partial charge in [0.25, 0.3) is 5.91 Å². The van der Waals surface area contributed by atoms with Crippen LogP contribution in [-0.2, 0) is 4.79 Å². The molecule has 0 spiro atoms. The van der Waals surface area contributed by atoms with Crippen LogP contribution in [0.1, 0.15) is 39.8 Å². The molecule has 0 fully saturated rings. The number of carbonyl (C=O) groups excluding carboxylic acids is 2. The van der Waals surface area contributed by atoms with Crippen molar-refractivity contribution in [3.8, 4) is 5.69 Å². The number of amides is 2. The van der Waals surface area contributed by atoms with Crippen molar-refractivity contribution in [2.75, 3.05) is 10.6 Å². The average molecular weight is 375 g/mol. The first-order valence-corrected chi connectivity index (χ1v) is 9.22. The van der Waals surface area contributed by atoms with Crippen molar-refractivity contribution in [3.05, 3.63) is 76.6 Å². The summed E-state index contributed by atoms with van der Waals surface area (Å²) < 4.78 is 2.08. The van der Waals surface area contributed by atoms with Gasteiger partial charge >= 0.3 is 0 Å². The van der Waals surface area contributed by atoms with Crippen molar-refractivity contribution in [2.24, 2.45) is 0 Å². The predicted molar refractivity (Wildman–Crippen MR) is 113 cm³/mol. The summed E-state index contributed by atoms with van der Waals surface area (Å²) in [6, 6.07) is 15.4. The Morgan fingerprint density at radius 2 is 1.50 bits per heavy atom. The van der Waals surface area contributed by atoms with Gasteiger partial charge in [-0.2, -0.15) is 0 Å². The second-order valence-electron chi connectivity index (χ2n) is 7.14. The maximum atomic E-state index is 13.1. The molecule has 0 aliphatic heterocycles. The summed E-state index contributed by atoms with van der Waals surface area (Å²) in [6.45, 7) is 9.39. The van der Waals surface area contributed by atoms with E-state index in [1.165, 1.54) is 6.92 Å². The van der Waals surface area contributed by atoms with Crippen LogP contribution >= 0.6 is 0 Å². The van der Waals surface area contributed by atoms with Crippen LogP contribution in [-0.4, -0.2) is 16.4 Å². The van der Waals surface area contributed by atoms with Crippen LogP contribution in [0.25, 0.3) is 5.69 Å². The quantitative estimate of drug-likeness (QED) is 0.680. The van der Waals surface area contributed by atoms with Crippen LogP contribution in [0, 0.1) is 27.7 Å².